The van der Waals surface area contributed by atoms with Crippen LogP contribution in [0.4, 0.5) is 0 Å². The normalized spacial score (nSPS) is 11.9. The van der Waals surface area contributed by atoms with Crippen molar-refractivity contribution in [1.82, 2.24) is 4.98 Å². The molecule has 2 aromatic rings. The molecule has 0 aliphatic carbocycles. The van der Waals surface area contributed by atoms with E-state index in [1.54, 1.807) is 0 Å². The van der Waals surface area contributed by atoms with Crippen molar-refractivity contribution in [1.29, 1.82) is 0 Å². The number of aryl methyl sites for hydroxylation is 1. The van der Waals surface area contributed by atoms with Gasteiger partial charge < -0.3 is 9.52 Å². The molecule has 4 nitrogen and oxygen atoms in total. The summed E-state index contributed by atoms with van der Waals surface area (Å²) in [4.78, 5) is 15.0. The first-order chi connectivity index (χ1) is 8.38. The van der Waals surface area contributed by atoms with Gasteiger partial charge in [0.05, 0.1) is 0 Å². The predicted octanol–water partition coefficient (Wildman–Crippen LogP) is 3.28. The Morgan fingerprint density at radius 3 is 2.83 bits per heavy atom. The van der Waals surface area contributed by atoms with Gasteiger partial charge in [-0.15, -0.1) is 0 Å². The molecule has 2 rings (SSSR count). The number of rotatable bonds is 4. The van der Waals surface area contributed by atoms with Crippen LogP contribution >= 0.6 is 0 Å². The molecule has 96 valence electrons. The fourth-order valence-electron chi connectivity index (χ4n) is 2.03. The van der Waals surface area contributed by atoms with Gasteiger partial charge in [0.1, 0.15) is 5.52 Å². The highest BCUT2D eigenvalue weighted by atomic mass is 16.4. The van der Waals surface area contributed by atoms with Gasteiger partial charge in [-0.05, 0) is 29.5 Å². The van der Waals surface area contributed by atoms with Crippen LogP contribution in [0.3, 0.4) is 0 Å². The van der Waals surface area contributed by atoms with Crippen molar-refractivity contribution in [2.24, 2.45) is 0 Å². The molecular weight excluding hydrogens is 230 g/mol. The lowest BCUT2D eigenvalue weighted by molar-refractivity contribution is -0.137. The topological polar surface area (TPSA) is 63.3 Å². The van der Waals surface area contributed by atoms with Crippen LogP contribution in [0.1, 0.15) is 38.1 Å². The second-order valence-electron chi connectivity index (χ2n) is 5.19. The third-order valence-electron chi connectivity index (χ3n) is 3.24. The summed E-state index contributed by atoms with van der Waals surface area (Å²) in [6.45, 7) is 5.91. The number of benzene rings is 1. The van der Waals surface area contributed by atoms with E-state index in [0.717, 1.165) is 16.7 Å². The van der Waals surface area contributed by atoms with Crippen LogP contribution in [0, 0.1) is 6.92 Å². The Labute approximate surface area is 106 Å². The standard InChI is InChI=1S/C14H17NO3/c1-9-15-11-8-10(4-5-12(11)18-9)14(2,3)7-6-13(16)17/h4-5,8H,6-7H2,1-3H3,(H,16,17). The minimum absolute atomic E-state index is 0.170. The van der Waals surface area contributed by atoms with Crippen LogP contribution in [-0.2, 0) is 10.2 Å². The summed E-state index contributed by atoms with van der Waals surface area (Å²) in [5.74, 6) is -0.119. The molecule has 0 spiro atoms. The lowest BCUT2D eigenvalue weighted by atomic mass is 9.80. The van der Waals surface area contributed by atoms with E-state index < -0.39 is 5.97 Å². The number of carbonyl (C=O) groups is 1. The van der Waals surface area contributed by atoms with E-state index in [4.69, 9.17) is 9.52 Å². The summed E-state index contributed by atoms with van der Waals surface area (Å²) in [5.41, 5.74) is 2.50. The number of aromatic nitrogens is 1. The Morgan fingerprint density at radius 2 is 2.17 bits per heavy atom. The molecule has 1 aromatic heterocycles. The maximum absolute atomic E-state index is 10.7. The van der Waals surface area contributed by atoms with Gasteiger partial charge in [-0.1, -0.05) is 19.9 Å². The Morgan fingerprint density at radius 1 is 1.44 bits per heavy atom. The van der Waals surface area contributed by atoms with Crippen molar-refractivity contribution in [2.75, 3.05) is 0 Å². The van der Waals surface area contributed by atoms with Crippen LogP contribution < -0.4 is 0 Å². The minimum atomic E-state index is -0.763. The van der Waals surface area contributed by atoms with E-state index in [9.17, 15) is 4.79 Å². The van der Waals surface area contributed by atoms with Crippen molar-refractivity contribution in [3.63, 3.8) is 0 Å². The highest BCUT2D eigenvalue weighted by Gasteiger charge is 2.22. The van der Waals surface area contributed by atoms with Gasteiger partial charge in [-0.25, -0.2) is 4.98 Å². The van der Waals surface area contributed by atoms with Gasteiger partial charge >= 0.3 is 5.97 Å². The Kier molecular flexibility index (Phi) is 3.11. The van der Waals surface area contributed by atoms with Gasteiger partial charge in [0, 0.05) is 13.3 Å². The van der Waals surface area contributed by atoms with Crippen molar-refractivity contribution in [2.45, 2.75) is 39.0 Å². The molecule has 1 aromatic carbocycles. The number of hydrogen-bond acceptors (Lipinski definition) is 3. The van der Waals surface area contributed by atoms with E-state index in [-0.39, 0.29) is 11.8 Å². The average Bonchev–Trinajstić information content (AvgIpc) is 2.65. The molecule has 0 bridgehead atoms. The molecule has 0 atom stereocenters. The zero-order chi connectivity index (χ0) is 13.3. The fourth-order valence-corrected chi connectivity index (χ4v) is 2.03. The van der Waals surface area contributed by atoms with Gasteiger partial charge in [-0.2, -0.15) is 0 Å². The van der Waals surface area contributed by atoms with E-state index >= 15 is 0 Å². The number of aliphatic carboxylic acids is 1. The zero-order valence-electron chi connectivity index (χ0n) is 10.9. The lowest BCUT2D eigenvalue weighted by Gasteiger charge is -2.24. The van der Waals surface area contributed by atoms with Crippen LogP contribution in [0.25, 0.3) is 11.1 Å². The summed E-state index contributed by atoms with van der Waals surface area (Å²) < 4.78 is 5.43. The van der Waals surface area contributed by atoms with E-state index in [1.165, 1.54) is 0 Å². The zero-order valence-corrected chi connectivity index (χ0v) is 10.9. The van der Waals surface area contributed by atoms with E-state index in [2.05, 4.69) is 4.98 Å². The van der Waals surface area contributed by atoms with Crippen molar-refractivity contribution < 1.29 is 14.3 Å². The largest absolute Gasteiger partial charge is 0.481 e. The fraction of sp³-hybridized carbons (Fsp3) is 0.429. The third kappa shape index (κ3) is 2.53. The highest BCUT2D eigenvalue weighted by molar-refractivity contribution is 5.74. The summed E-state index contributed by atoms with van der Waals surface area (Å²) in [6.07, 6.45) is 0.771. The number of hydrogen-bond donors (Lipinski definition) is 1. The lowest BCUT2D eigenvalue weighted by Crippen LogP contribution is -2.18. The highest BCUT2D eigenvalue weighted by Crippen LogP contribution is 2.30. The maximum Gasteiger partial charge on any atom is 0.303 e. The van der Waals surface area contributed by atoms with Gasteiger partial charge in [0.15, 0.2) is 11.5 Å². The third-order valence-corrected chi connectivity index (χ3v) is 3.24. The number of carboxylic acid groups (broad SMARTS) is 1. The van der Waals surface area contributed by atoms with Crippen LogP contribution in [0.2, 0.25) is 0 Å². The first kappa shape index (κ1) is 12.6. The van der Waals surface area contributed by atoms with Crippen LogP contribution in [0.15, 0.2) is 22.6 Å². The first-order valence-corrected chi connectivity index (χ1v) is 5.98. The first-order valence-electron chi connectivity index (χ1n) is 5.98. The second kappa shape index (κ2) is 4.44. The Hall–Kier alpha value is -1.84. The van der Waals surface area contributed by atoms with E-state index in [0.29, 0.717) is 12.3 Å². The molecule has 0 aliphatic rings. The molecule has 0 saturated heterocycles. The Bertz CT molecular complexity index is 584. The van der Waals surface area contributed by atoms with Crippen molar-refractivity contribution in [3.05, 3.63) is 29.7 Å². The number of fused-ring (bicyclic) bond motifs is 1. The maximum atomic E-state index is 10.7. The van der Waals surface area contributed by atoms with Crippen LogP contribution in [-0.4, -0.2) is 16.1 Å². The SMILES string of the molecule is Cc1nc2cc(C(C)(C)CCC(=O)O)ccc2o1. The van der Waals surface area contributed by atoms with Gasteiger partial charge in [-0.3, -0.25) is 4.79 Å². The second-order valence-corrected chi connectivity index (χ2v) is 5.19. The molecule has 4 heteroatoms. The van der Waals surface area contributed by atoms with Gasteiger partial charge in [0.25, 0.3) is 0 Å². The molecule has 18 heavy (non-hydrogen) atoms. The summed E-state index contributed by atoms with van der Waals surface area (Å²) in [7, 11) is 0. The minimum Gasteiger partial charge on any atom is -0.481 e. The number of oxazole rings is 1. The molecule has 1 N–H and O–H groups in total. The molecule has 0 aliphatic heterocycles. The van der Waals surface area contributed by atoms with Crippen LogP contribution in [0.5, 0.6) is 0 Å². The number of carboxylic acids is 1. The molecule has 0 unspecified atom stereocenters. The van der Waals surface area contributed by atoms with Crippen molar-refractivity contribution >= 4 is 17.1 Å². The Balaban J connectivity index is 2.31. The van der Waals surface area contributed by atoms with E-state index in [1.807, 2.05) is 39.0 Å². The summed E-state index contributed by atoms with van der Waals surface area (Å²) in [5, 5.41) is 8.77. The number of nitrogens with zero attached hydrogens (tertiary/aromatic N) is 1. The molecule has 0 amide bonds. The monoisotopic (exact) mass is 247 g/mol. The molecule has 0 saturated carbocycles. The molecule has 1 heterocycles. The quantitative estimate of drug-likeness (QED) is 0.900. The predicted molar refractivity (Wildman–Crippen MR) is 68.6 cm³/mol. The summed E-state index contributed by atoms with van der Waals surface area (Å²) >= 11 is 0. The molecule has 0 fully saturated rings. The van der Waals surface area contributed by atoms with Gasteiger partial charge in [0.2, 0.25) is 0 Å². The smallest absolute Gasteiger partial charge is 0.303 e. The molecular formula is C14H17NO3. The average molecular weight is 247 g/mol. The molecule has 0 radical (unpaired) electrons. The van der Waals surface area contributed by atoms with Crippen molar-refractivity contribution in [3.8, 4) is 0 Å². The summed E-state index contributed by atoms with van der Waals surface area (Å²) in [6, 6.07) is 5.86.